The molecule has 2 amide bonds. The van der Waals surface area contributed by atoms with E-state index in [1.165, 1.54) is 7.11 Å². The predicted molar refractivity (Wildman–Crippen MR) is 107 cm³/mol. The Morgan fingerprint density at radius 2 is 1.83 bits per heavy atom. The van der Waals surface area contributed by atoms with Gasteiger partial charge in [0.15, 0.2) is 11.5 Å². The number of aromatic hydroxyl groups is 1. The van der Waals surface area contributed by atoms with Gasteiger partial charge in [-0.1, -0.05) is 37.3 Å². The summed E-state index contributed by atoms with van der Waals surface area (Å²) in [6.07, 6.45) is 0.0897. The Hall–Kier alpha value is -3.39. The first-order valence-electron chi connectivity index (χ1n) is 9.67. The highest BCUT2D eigenvalue weighted by Gasteiger charge is 2.68. The van der Waals surface area contributed by atoms with Crippen LogP contribution in [-0.4, -0.2) is 40.6 Å². The van der Waals surface area contributed by atoms with Gasteiger partial charge in [-0.2, -0.15) is 0 Å². The second kappa shape index (κ2) is 7.14. The fourth-order valence-electron chi connectivity index (χ4n) is 4.73. The number of amides is 2. The molecule has 0 spiro atoms. The molecule has 2 aliphatic heterocycles. The quantitative estimate of drug-likeness (QED) is 0.646. The minimum Gasteiger partial charge on any atom is -0.504 e. The number of imide groups is 1. The minimum absolute atomic E-state index is 0.0897. The average Bonchev–Trinajstić information content (AvgIpc) is 3.23. The number of phenols is 1. The number of phenolic OH excluding ortho intramolecular Hbond substituents is 1. The zero-order valence-electron chi connectivity index (χ0n) is 16.5. The summed E-state index contributed by atoms with van der Waals surface area (Å²) >= 11 is 0. The number of benzene rings is 2. The number of rotatable bonds is 5. The van der Waals surface area contributed by atoms with Crippen LogP contribution in [0.3, 0.4) is 0 Å². The van der Waals surface area contributed by atoms with Gasteiger partial charge in [-0.3, -0.25) is 19.7 Å². The standard InChI is InChI=1S/C22H22N2O6/c1-3-22(21(28)29)16-15(17(23-22)13-10-7-11-14(30-2)18(13)25)19(26)24(20(16)27)12-8-5-4-6-9-12/h4-11,15-17,23,25H,3H2,1-2H3,(H,28,29)/t15-,16-,17+,22-/m0/s1. The SMILES string of the molecule is CC[C@]1(C(=O)O)N[C@H](c2cccc(OC)c2O)[C@H]2C(=O)N(c3ccccc3)C(=O)[C@H]21. The number of hydrogen-bond acceptors (Lipinski definition) is 6. The lowest BCUT2D eigenvalue weighted by molar-refractivity contribution is -0.149. The molecule has 8 nitrogen and oxygen atoms in total. The van der Waals surface area contributed by atoms with Gasteiger partial charge in [0.2, 0.25) is 11.8 Å². The van der Waals surface area contributed by atoms with Crippen LogP contribution in [0.4, 0.5) is 5.69 Å². The van der Waals surface area contributed by atoms with Crippen molar-refractivity contribution in [1.29, 1.82) is 0 Å². The van der Waals surface area contributed by atoms with Crippen LogP contribution < -0.4 is 15.0 Å². The minimum atomic E-state index is -1.64. The molecule has 2 aromatic rings. The Bertz CT molecular complexity index is 1020. The van der Waals surface area contributed by atoms with Crippen molar-refractivity contribution in [3.63, 3.8) is 0 Å². The Labute approximate surface area is 173 Å². The Morgan fingerprint density at radius 3 is 2.43 bits per heavy atom. The van der Waals surface area contributed by atoms with E-state index in [2.05, 4.69) is 5.32 Å². The van der Waals surface area contributed by atoms with Crippen molar-refractivity contribution in [3.05, 3.63) is 54.1 Å². The average molecular weight is 410 g/mol. The van der Waals surface area contributed by atoms with E-state index in [0.29, 0.717) is 11.3 Å². The molecule has 4 atom stereocenters. The number of para-hydroxylation sites is 2. The van der Waals surface area contributed by atoms with Gasteiger partial charge >= 0.3 is 5.97 Å². The van der Waals surface area contributed by atoms with Crippen molar-refractivity contribution in [2.75, 3.05) is 12.0 Å². The van der Waals surface area contributed by atoms with Gasteiger partial charge in [0.1, 0.15) is 5.54 Å². The van der Waals surface area contributed by atoms with Gasteiger partial charge in [0.25, 0.3) is 0 Å². The lowest BCUT2D eigenvalue weighted by Gasteiger charge is -2.30. The van der Waals surface area contributed by atoms with Crippen LogP contribution in [0.15, 0.2) is 48.5 Å². The van der Waals surface area contributed by atoms with Crippen LogP contribution in [0.5, 0.6) is 11.5 Å². The first-order valence-corrected chi connectivity index (χ1v) is 9.67. The molecule has 2 fully saturated rings. The molecule has 156 valence electrons. The number of fused-ring (bicyclic) bond motifs is 1. The van der Waals surface area contributed by atoms with Crippen molar-refractivity contribution >= 4 is 23.5 Å². The van der Waals surface area contributed by atoms with Gasteiger partial charge in [-0.05, 0) is 24.6 Å². The zero-order valence-corrected chi connectivity index (χ0v) is 16.5. The molecular weight excluding hydrogens is 388 g/mol. The van der Waals surface area contributed by atoms with Gasteiger partial charge in [0, 0.05) is 11.6 Å². The van der Waals surface area contributed by atoms with E-state index in [-0.39, 0.29) is 17.9 Å². The van der Waals surface area contributed by atoms with Gasteiger partial charge in [-0.25, -0.2) is 4.90 Å². The summed E-state index contributed by atoms with van der Waals surface area (Å²) in [6, 6.07) is 12.4. The summed E-state index contributed by atoms with van der Waals surface area (Å²) in [5, 5.41) is 23.8. The smallest absolute Gasteiger partial charge is 0.324 e. The molecule has 2 aromatic carbocycles. The number of carbonyl (C=O) groups excluding carboxylic acids is 2. The zero-order chi connectivity index (χ0) is 21.6. The Balaban J connectivity index is 1.88. The maximum Gasteiger partial charge on any atom is 0.324 e. The highest BCUT2D eigenvalue weighted by Crippen LogP contribution is 2.52. The third-order valence-corrected chi connectivity index (χ3v) is 6.19. The topological polar surface area (TPSA) is 116 Å². The second-order valence-electron chi connectivity index (χ2n) is 7.50. The fourth-order valence-corrected chi connectivity index (χ4v) is 4.73. The van der Waals surface area contributed by atoms with Crippen molar-refractivity contribution < 1.29 is 29.3 Å². The van der Waals surface area contributed by atoms with E-state index < -0.39 is 41.2 Å². The summed E-state index contributed by atoms with van der Waals surface area (Å²) in [6.45, 7) is 1.66. The lowest BCUT2D eigenvalue weighted by Crippen LogP contribution is -2.55. The summed E-state index contributed by atoms with van der Waals surface area (Å²) in [4.78, 5) is 40.2. The van der Waals surface area contributed by atoms with Gasteiger partial charge < -0.3 is 14.9 Å². The molecule has 0 radical (unpaired) electrons. The van der Waals surface area contributed by atoms with Gasteiger partial charge in [0.05, 0.1) is 24.6 Å². The number of aliphatic carboxylic acids is 1. The number of nitrogens with zero attached hydrogens (tertiary/aromatic N) is 1. The maximum absolute atomic E-state index is 13.4. The molecule has 2 heterocycles. The summed E-state index contributed by atoms with van der Waals surface area (Å²) < 4.78 is 5.16. The van der Waals surface area contributed by atoms with Gasteiger partial charge in [-0.15, -0.1) is 0 Å². The summed E-state index contributed by atoms with van der Waals surface area (Å²) in [5.41, 5.74) is -0.927. The van der Waals surface area contributed by atoms with Crippen LogP contribution in [-0.2, 0) is 14.4 Å². The maximum atomic E-state index is 13.4. The molecule has 0 aromatic heterocycles. The first-order chi connectivity index (χ1) is 14.4. The van der Waals surface area contributed by atoms with Crippen LogP contribution in [0.2, 0.25) is 0 Å². The number of carboxylic acids is 1. The first kappa shape index (κ1) is 19.9. The number of anilines is 1. The highest BCUT2D eigenvalue weighted by atomic mass is 16.5. The number of nitrogens with one attached hydrogen (secondary N) is 1. The lowest BCUT2D eigenvalue weighted by atomic mass is 9.78. The Kier molecular flexibility index (Phi) is 4.74. The predicted octanol–water partition coefficient (Wildman–Crippen LogP) is 2.08. The fraction of sp³-hybridized carbons (Fsp3) is 0.318. The molecule has 30 heavy (non-hydrogen) atoms. The second-order valence-corrected chi connectivity index (χ2v) is 7.50. The molecule has 4 rings (SSSR count). The molecule has 3 N–H and O–H groups in total. The third kappa shape index (κ3) is 2.60. The summed E-state index contributed by atoms with van der Waals surface area (Å²) in [5.74, 6) is -4.33. The number of ether oxygens (including phenoxy) is 1. The number of carboxylic acid groups (broad SMARTS) is 1. The number of hydrogen-bond donors (Lipinski definition) is 3. The number of methoxy groups -OCH3 is 1. The van der Waals surface area contributed by atoms with E-state index in [1.807, 2.05) is 0 Å². The van der Waals surface area contributed by atoms with Crippen LogP contribution in [0.1, 0.15) is 24.9 Å². The molecule has 8 heteroatoms. The van der Waals surface area contributed by atoms with E-state index in [9.17, 15) is 24.6 Å². The third-order valence-electron chi connectivity index (χ3n) is 6.19. The molecule has 0 aliphatic carbocycles. The Morgan fingerprint density at radius 1 is 1.13 bits per heavy atom. The van der Waals surface area contributed by atoms with E-state index in [0.717, 1.165) is 4.90 Å². The van der Waals surface area contributed by atoms with E-state index in [1.54, 1.807) is 55.5 Å². The van der Waals surface area contributed by atoms with Crippen molar-refractivity contribution in [1.82, 2.24) is 5.32 Å². The monoisotopic (exact) mass is 410 g/mol. The van der Waals surface area contributed by atoms with Crippen LogP contribution >= 0.6 is 0 Å². The van der Waals surface area contributed by atoms with Crippen LogP contribution in [0, 0.1) is 11.8 Å². The highest BCUT2D eigenvalue weighted by molar-refractivity contribution is 6.24. The van der Waals surface area contributed by atoms with Crippen molar-refractivity contribution in [2.24, 2.45) is 11.8 Å². The molecule has 0 unspecified atom stereocenters. The van der Waals surface area contributed by atoms with Crippen molar-refractivity contribution in [2.45, 2.75) is 24.9 Å². The normalized spacial score (nSPS) is 27.9. The molecule has 2 saturated heterocycles. The molecule has 0 saturated carbocycles. The molecular formula is C22H22N2O6. The van der Waals surface area contributed by atoms with E-state index >= 15 is 0 Å². The largest absolute Gasteiger partial charge is 0.504 e. The van der Waals surface area contributed by atoms with Crippen molar-refractivity contribution in [3.8, 4) is 11.5 Å². The molecule has 0 bridgehead atoms. The van der Waals surface area contributed by atoms with E-state index in [4.69, 9.17) is 4.74 Å². The summed E-state index contributed by atoms with van der Waals surface area (Å²) in [7, 11) is 1.40. The number of carbonyl (C=O) groups is 3. The van der Waals surface area contributed by atoms with Crippen LogP contribution in [0.25, 0.3) is 0 Å². The molecule has 2 aliphatic rings.